The minimum atomic E-state index is -2.04. The fourth-order valence-electron chi connectivity index (χ4n) is 4.60. The van der Waals surface area contributed by atoms with Gasteiger partial charge in [-0.15, -0.1) is 0 Å². The van der Waals surface area contributed by atoms with E-state index in [0.717, 1.165) is 34.5 Å². The van der Waals surface area contributed by atoms with Gasteiger partial charge in [0.05, 0.1) is 6.04 Å². The number of benzene rings is 3. The summed E-state index contributed by atoms with van der Waals surface area (Å²) in [5.41, 5.74) is 1.49. The van der Waals surface area contributed by atoms with E-state index < -0.39 is 20.5 Å². The van der Waals surface area contributed by atoms with Crippen molar-refractivity contribution in [3.63, 3.8) is 0 Å². The number of carbonyl (C=O) groups excluding carboxylic acids is 2. The Morgan fingerprint density at radius 3 is 2.16 bits per heavy atom. The van der Waals surface area contributed by atoms with Crippen LogP contribution in [0.4, 0.5) is 0 Å². The van der Waals surface area contributed by atoms with Crippen molar-refractivity contribution in [2.24, 2.45) is 0 Å². The number of amides is 2. The van der Waals surface area contributed by atoms with Crippen molar-refractivity contribution in [2.75, 3.05) is 0 Å². The van der Waals surface area contributed by atoms with E-state index in [1.807, 2.05) is 42.5 Å². The predicted molar refractivity (Wildman–Crippen MR) is 126 cm³/mol. The molecule has 31 heavy (non-hydrogen) atoms. The first-order chi connectivity index (χ1) is 15.0. The Kier molecular flexibility index (Phi) is 6.07. The molecular formula is C26H29NO3Si. The average molecular weight is 432 g/mol. The van der Waals surface area contributed by atoms with E-state index in [1.54, 1.807) is 12.1 Å². The van der Waals surface area contributed by atoms with Crippen LogP contribution >= 0.6 is 0 Å². The van der Waals surface area contributed by atoms with Crippen molar-refractivity contribution in [2.45, 2.75) is 51.0 Å². The monoisotopic (exact) mass is 431 g/mol. The SMILES string of the molecule is CC[Si](CC)(CC)OC1C(=O)N(C(=O)c2ccccc2)C1c1cccc2ccccc12. The first kappa shape index (κ1) is 21.5. The molecule has 1 saturated heterocycles. The summed E-state index contributed by atoms with van der Waals surface area (Å²) in [6.07, 6.45) is -0.606. The summed E-state index contributed by atoms with van der Waals surface area (Å²) in [6, 6.07) is 25.7. The zero-order valence-electron chi connectivity index (χ0n) is 18.4. The largest absolute Gasteiger partial charge is 0.403 e. The van der Waals surface area contributed by atoms with Gasteiger partial charge in [-0.3, -0.25) is 14.5 Å². The molecular weight excluding hydrogens is 402 g/mol. The normalized spacial score (nSPS) is 18.8. The molecule has 4 nitrogen and oxygen atoms in total. The maximum atomic E-state index is 13.3. The van der Waals surface area contributed by atoms with E-state index in [2.05, 4.69) is 39.0 Å². The minimum Gasteiger partial charge on any atom is -0.403 e. The van der Waals surface area contributed by atoms with Crippen LogP contribution in [0.3, 0.4) is 0 Å². The summed E-state index contributed by atoms with van der Waals surface area (Å²) in [5.74, 6) is -0.487. The first-order valence-electron chi connectivity index (χ1n) is 11.1. The van der Waals surface area contributed by atoms with Gasteiger partial charge >= 0.3 is 0 Å². The van der Waals surface area contributed by atoms with Crippen LogP contribution in [0, 0.1) is 0 Å². The molecule has 160 valence electrons. The molecule has 0 radical (unpaired) electrons. The number of carbonyl (C=O) groups is 2. The summed E-state index contributed by atoms with van der Waals surface area (Å²) in [7, 11) is -2.04. The van der Waals surface area contributed by atoms with Crippen LogP contribution in [0.15, 0.2) is 72.8 Å². The van der Waals surface area contributed by atoms with Gasteiger partial charge < -0.3 is 4.43 Å². The highest BCUT2D eigenvalue weighted by atomic mass is 28.4. The first-order valence-corrected chi connectivity index (χ1v) is 13.7. The zero-order chi connectivity index (χ0) is 22.0. The molecule has 2 amide bonds. The number of hydrogen-bond donors (Lipinski definition) is 0. The second kappa shape index (κ2) is 8.77. The van der Waals surface area contributed by atoms with Gasteiger partial charge in [0.2, 0.25) is 0 Å². The van der Waals surface area contributed by atoms with Gasteiger partial charge in [0, 0.05) is 5.56 Å². The van der Waals surface area contributed by atoms with Gasteiger partial charge in [0.1, 0.15) is 0 Å². The van der Waals surface area contributed by atoms with Crippen LogP contribution in [0.1, 0.15) is 42.7 Å². The number of likely N-dealkylation sites (tertiary alicyclic amines) is 1. The molecule has 0 aromatic heterocycles. The molecule has 1 heterocycles. The molecule has 3 aromatic rings. The number of imide groups is 1. The Morgan fingerprint density at radius 2 is 1.48 bits per heavy atom. The topological polar surface area (TPSA) is 46.6 Å². The second-order valence-corrected chi connectivity index (χ2v) is 12.9. The standard InChI is InChI=1S/C26H29NO3Si/c1-4-31(5-2,6-3)30-24-23(22-18-12-16-19-13-10-11-17-21(19)22)27(26(24)29)25(28)20-14-8-7-9-15-20/h7-18,23-24H,4-6H2,1-3H3. The maximum Gasteiger partial charge on any atom is 0.261 e. The lowest BCUT2D eigenvalue weighted by Crippen LogP contribution is -2.64. The van der Waals surface area contributed by atoms with Crippen LogP contribution < -0.4 is 0 Å². The van der Waals surface area contributed by atoms with Crippen molar-refractivity contribution in [3.05, 3.63) is 83.9 Å². The molecule has 2 unspecified atom stereocenters. The van der Waals surface area contributed by atoms with E-state index in [-0.39, 0.29) is 11.8 Å². The molecule has 1 aliphatic heterocycles. The Balaban J connectivity index is 1.79. The van der Waals surface area contributed by atoms with Crippen LogP contribution in [0.5, 0.6) is 0 Å². The number of nitrogens with zero attached hydrogens (tertiary/aromatic N) is 1. The fourth-order valence-corrected chi connectivity index (χ4v) is 7.37. The molecule has 1 aliphatic rings. The average Bonchev–Trinajstić information content (AvgIpc) is 2.83. The van der Waals surface area contributed by atoms with Crippen LogP contribution in [0.25, 0.3) is 10.8 Å². The molecule has 4 rings (SSSR count). The third-order valence-electron chi connectivity index (χ3n) is 6.74. The molecule has 0 aliphatic carbocycles. The number of hydrogen-bond acceptors (Lipinski definition) is 3. The quantitative estimate of drug-likeness (QED) is 0.264. The zero-order valence-corrected chi connectivity index (χ0v) is 19.4. The summed E-state index contributed by atoms with van der Waals surface area (Å²) in [6.45, 7) is 6.46. The predicted octanol–water partition coefficient (Wildman–Crippen LogP) is 5.95. The van der Waals surface area contributed by atoms with E-state index in [9.17, 15) is 9.59 Å². The summed E-state index contributed by atoms with van der Waals surface area (Å²) >= 11 is 0. The molecule has 0 N–H and O–H groups in total. The van der Waals surface area contributed by atoms with Gasteiger partial charge in [0.15, 0.2) is 14.4 Å². The number of fused-ring (bicyclic) bond motifs is 1. The number of rotatable bonds is 7. The van der Waals surface area contributed by atoms with Crippen LogP contribution in [-0.4, -0.2) is 31.1 Å². The van der Waals surface area contributed by atoms with Crippen molar-refractivity contribution < 1.29 is 14.0 Å². The van der Waals surface area contributed by atoms with E-state index in [0.29, 0.717) is 5.56 Å². The highest BCUT2D eigenvalue weighted by Crippen LogP contribution is 2.43. The summed E-state index contributed by atoms with van der Waals surface area (Å²) in [5, 5.41) is 2.15. The molecule has 1 fully saturated rings. The van der Waals surface area contributed by atoms with Crippen LogP contribution in [0.2, 0.25) is 18.1 Å². The highest BCUT2D eigenvalue weighted by Gasteiger charge is 2.55. The van der Waals surface area contributed by atoms with Gasteiger partial charge in [-0.05, 0) is 46.6 Å². The third-order valence-corrected chi connectivity index (χ3v) is 11.4. The smallest absolute Gasteiger partial charge is 0.261 e. The molecule has 0 spiro atoms. The second-order valence-electron chi connectivity index (χ2n) is 8.17. The molecule has 0 saturated carbocycles. The molecule has 5 heteroatoms. The Bertz CT molecular complexity index is 1080. The van der Waals surface area contributed by atoms with Crippen molar-refractivity contribution >= 4 is 30.9 Å². The maximum absolute atomic E-state index is 13.3. The van der Waals surface area contributed by atoms with E-state index >= 15 is 0 Å². The fraction of sp³-hybridized carbons (Fsp3) is 0.308. The summed E-state index contributed by atoms with van der Waals surface area (Å²) in [4.78, 5) is 28.1. The lowest BCUT2D eigenvalue weighted by Gasteiger charge is -2.49. The van der Waals surface area contributed by atoms with E-state index in [4.69, 9.17) is 4.43 Å². The van der Waals surface area contributed by atoms with Crippen molar-refractivity contribution in [3.8, 4) is 0 Å². The lowest BCUT2D eigenvalue weighted by molar-refractivity contribution is -0.158. The highest BCUT2D eigenvalue weighted by molar-refractivity contribution is 6.73. The van der Waals surface area contributed by atoms with Crippen molar-refractivity contribution in [1.82, 2.24) is 4.90 Å². The molecule has 3 aromatic carbocycles. The Morgan fingerprint density at radius 1 is 0.871 bits per heavy atom. The lowest BCUT2D eigenvalue weighted by atomic mass is 9.87. The molecule has 0 bridgehead atoms. The third kappa shape index (κ3) is 3.73. The summed E-state index contributed by atoms with van der Waals surface area (Å²) < 4.78 is 6.66. The Hall–Kier alpha value is -2.76. The minimum absolute atomic E-state index is 0.223. The Labute approximate surface area is 185 Å². The van der Waals surface area contributed by atoms with Gasteiger partial charge in [0.25, 0.3) is 11.8 Å². The van der Waals surface area contributed by atoms with Gasteiger partial charge in [-0.1, -0.05) is 81.4 Å². The van der Waals surface area contributed by atoms with Gasteiger partial charge in [-0.25, -0.2) is 0 Å². The molecule has 2 atom stereocenters. The van der Waals surface area contributed by atoms with Crippen LogP contribution in [-0.2, 0) is 9.22 Å². The van der Waals surface area contributed by atoms with Crippen molar-refractivity contribution in [1.29, 1.82) is 0 Å². The number of β-lactam (4-membered cyclic amide) rings is 1. The van der Waals surface area contributed by atoms with E-state index in [1.165, 1.54) is 4.90 Å². The van der Waals surface area contributed by atoms with Gasteiger partial charge in [-0.2, -0.15) is 0 Å².